The number of methoxy groups -OCH3 is 1. The van der Waals surface area contributed by atoms with Gasteiger partial charge in [-0.25, -0.2) is 0 Å². The van der Waals surface area contributed by atoms with E-state index in [2.05, 4.69) is 10.4 Å². The predicted octanol–water partition coefficient (Wildman–Crippen LogP) is 1.35. The summed E-state index contributed by atoms with van der Waals surface area (Å²) in [6.07, 6.45) is 4.33. The third kappa shape index (κ3) is 4.89. The van der Waals surface area contributed by atoms with Gasteiger partial charge < -0.3 is 15.0 Å². The van der Waals surface area contributed by atoms with Crippen molar-refractivity contribution in [1.82, 2.24) is 20.0 Å². The molecule has 2 aliphatic heterocycles. The van der Waals surface area contributed by atoms with Crippen LogP contribution in [0.4, 0.5) is 0 Å². The molecule has 2 atom stereocenters. The van der Waals surface area contributed by atoms with Crippen LogP contribution in [-0.4, -0.2) is 70.8 Å². The van der Waals surface area contributed by atoms with Crippen molar-refractivity contribution in [2.75, 3.05) is 38.2 Å². The van der Waals surface area contributed by atoms with Crippen LogP contribution in [0, 0.1) is 0 Å². The van der Waals surface area contributed by atoms with Crippen LogP contribution in [0.2, 0.25) is 0 Å². The van der Waals surface area contributed by atoms with Gasteiger partial charge in [0.2, 0.25) is 0 Å². The molecule has 0 spiro atoms. The van der Waals surface area contributed by atoms with E-state index >= 15 is 0 Å². The summed E-state index contributed by atoms with van der Waals surface area (Å²) >= 11 is 1.76. The number of hydrogen-bond donors (Lipinski definition) is 1. The number of aromatic nitrogens is 2. The molecule has 0 bridgehead atoms. The van der Waals surface area contributed by atoms with Gasteiger partial charge in [-0.1, -0.05) is 0 Å². The second kappa shape index (κ2) is 9.45. The highest BCUT2D eigenvalue weighted by atomic mass is 35.5. The molecule has 25 heavy (non-hydrogen) atoms. The Balaban J connectivity index is 0.00000225. The molecule has 2 unspecified atom stereocenters. The van der Waals surface area contributed by atoms with E-state index in [-0.39, 0.29) is 36.7 Å². The molecule has 0 aromatic carbocycles. The van der Waals surface area contributed by atoms with Gasteiger partial charge >= 0.3 is 5.97 Å². The van der Waals surface area contributed by atoms with Gasteiger partial charge in [0.25, 0.3) is 5.91 Å². The molecule has 3 heterocycles. The predicted molar refractivity (Wildman–Crippen MR) is 99.4 cm³/mol. The number of carbonyl (C=O) groups excluding carboxylic acids is 2. The molecule has 1 N–H and O–H groups in total. The number of carbonyl (C=O) groups is 2. The average Bonchev–Trinajstić information content (AvgIpc) is 3.12. The van der Waals surface area contributed by atoms with E-state index in [9.17, 15) is 9.59 Å². The second-order valence-electron chi connectivity index (χ2n) is 6.19. The molecule has 9 heteroatoms. The van der Waals surface area contributed by atoms with Crippen LogP contribution in [0.3, 0.4) is 0 Å². The van der Waals surface area contributed by atoms with Gasteiger partial charge in [0, 0.05) is 30.8 Å². The first kappa shape index (κ1) is 20.1. The largest absolute Gasteiger partial charge is 0.469 e. The topological polar surface area (TPSA) is 76.5 Å². The summed E-state index contributed by atoms with van der Waals surface area (Å²) < 4.78 is 6.65. The van der Waals surface area contributed by atoms with Gasteiger partial charge in [0.05, 0.1) is 25.6 Å². The molecule has 1 aromatic rings. The molecule has 2 fully saturated rings. The quantitative estimate of drug-likeness (QED) is 0.784. The number of thioether (sulfide) groups is 1. The number of rotatable bonds is 4. The lowest BCUT2D eigenvalue weighted by atomic mass is 10.1. The van der Waals surface area contributed by atoms with Crippen LogP contribution in [0.5, 0.6) is 0 Å². The summed E-state index contributed by atoms with van der Waals surface area (Å²) in [5.41, 5.74) is 0.460. The SMILES string of the molecule is COC(=O)CC1CSCCN1C(=O)c1ccn(C2CCCNC2)n1.Cl. The Labute approximate surface area is 158 Å². The minimum absolute atomic E-state index is 0. The maximum atomic E-state index is 12.8. The summed E-state index contributed by atoms with van der Waals surface area (Å²) in [7, 11) is 1.38. The van der Waals surface area contributed by atoms with E-state index in [4.69, 9.17) is 4.74 Å². The number of nitrogens with one attached hydrogen (secondary N) is 1. The zero-order valence-corrected chi connectivity index (χ0v) is 16.0. The first-order valence-electron chi connectivity index (χ1n) is 8.40. The van der Waals surface area contributed by atoms with Crippen molar-refractivity contribution < 1.29 is 14.3 Å². The Kier molecular flexibility index (Phi) is 7.58. The van der Waals surface area contributed by atoms with E-state index in [1.165, 1.54) is 7.11 Å². The highest BCUT2D eigenvalue weighted by Crippen LogP contribution is 2.22. The van der Waals surface area contributed by atoms with Crippen LogP contribution >= 0.6 is 24.2 Å². The lowest BCUT2D eigenvalue weighted by Gasteiger charge is -2.34. The Bertz CT molecular complexity index is 592. The van der Waals surface area contributed by atoms with Crippen LogP contribution < -0.4 is 5.32 Å². The Morgan fingerprint density at radius 2 is 2.32 bits per heavy atom. The van der Waals surface area contributed by atoms with Crippen molar-refractivity contribution in [2.24, 2.45) is 0 Å². The lowest BCUT2D eigenvalue weighted by molar-refractivity contribution is -0.141. The van der Waals surface area contributed by atoms with E-state index in [0.717, 1.165) is 37.4 Å². The van der Waals surface area contributed by atoms with Gasteiger partial charge in [0.15, 0.2) is 0 Å². The summed E-state index contributed by atoms with van der Waals surface area (Å²) in [5.74, 6) is 1.27. The molecular formula is C16H25ClN4O3S. The highest BCUT2D eigenvalue weighted by Gasteiger charge is 2.31. The van der Waals surface area contributed by atoms with Crippen molar-refractivity contribution in [1.29, 1.82) is 0 Å². The van der Waals surface area contributed by atoms with Crippen molar-refractivity contribution in [3.63, 3.8) is 0 Å². The monoisotopic (exact) mass is 388 g/mol. The number of piperidine rings is 1. The number of nitrogens with zero attached hydrogens (tertiary/aromatic N) is 3. The molecule has 2 saturated heterocycles. The maximum Gasteiger partial charge on any atom is 0.307 e. The molecule has 0 aliphatic carbocycles. The van der Waals surface area contributed by atoms with E-state index in [1.807, 2.05) is 10.9 Å². The zero-order valence-electron chi connectivity index (χ0n) is 14.3. The number of halogens is 1. The average molecular weight is 389 g/mol. The summed E-state index contributed by atoms with van der Waals surface area (Å²) in [6.45, 7) is 2.58. The molecule has 0 saturated carbocycles. The second-order valence-corrected chi connectivity index (χ2v) is 7.34. The Hall–Kier alpha value is -1.25. The summed E-state index contributed by atoms with van der Waals surface area (Å²) in [5, 5.41) is 7.87. The molecule has 1 aromatic heterocycles. The van der Waals surface area contributed by atoms with Crippen LogP contribution in [-0.2, 0) is 9.53 Å². The first-order chi connectivity index (χ1) is 11.7. The van der Waals surface area contributed by atoms with E-state index < -0.39 is 0 Å². The number of hydrogen-bond acceptors (Lipinski definition) is 6. The van der Waals surface area contributed by atoms with Crippen molar-refractivity contribution in [2.45, 2.75) is 31.3 Å². The molecule has 140 valence electrons. The zero-order chi connectivity index (χ0) is 16.9. The molecule has 7 nitrogen and oxygen atoms in total. The third-order valence-electron chi connectivity index (χ3n) is 4.59. The molecule has 0 radical (unpaired) electrons. The van der Waals surface area contributed by atoms with Crippen LogP contribution in [0.1, 0.15) is 35.8 Å². The van der Waals surface area contributed by atoms with Crippen LogP contribution in [0.25, 0.3) is 0 Å². The van der Waals surface area contributed by atoms with Crippen molar-refractivity contribution >= 4 is 36.0 Å². The summed E-state index contributed by atoms with van der Waals surface area (Å²) in [6, 6.07) is 1.97. The standard InChI is InChI=1S/C16H24N4O3S.ClH/c1-23-15(21)9-13-11-24-8-7-19(13)16(22)14-4-6-20(18-14)12-3-2-5-17-10-12;/h4,6,12-13,17H,2-3,5,7-11H2,1H3;1H. The minimum Gasteiger partial charge on any atom is -0.469 e. The van der Waals surface area contributed by atoms with Crippen molar-refractivity contribution in [3.05, 3.63) is 18.0 Å². The van der Waals surface area contributed by atoms with Gasteiger partial charge in [0.1, 0.15) is 5.69 Å². The fraction of sp³-hybridized carbons (Fsp3) is 0.688. The van der Waals surface area contributed by atoms with Crippen LogP contribution in [0.15, 0.2) is 12.3 Å². The first-order valence-corrected chi connectivity index (χ1v) is 9.56. The minimum atomic E-state index is -0.279. The summed E-state index contributed by atoms with van der Waals surface area (Å²) in [4.78, 5) is 26.2. The fourth-order valence-electron chi connectivity index (χ4n) is 3.23. The van der Waals surface area contributed by atoms with Gasteiger partial charge in [-0.15, -0.1) is 12.4 Å². The molecule has 3 rings (SSSR count). The highest BCUT2D eigenvalue weighted by molar-refractivity contribution is 7.99. The normalized spacial score (nSPS) is 23.6. The third-order valence-corrected chi connectivity index (χ3v) is 5.68. The smallest absolute Gasteiger partial charge is 0.307 e. The number of esters is 1. The van der Waals surface area contributed by atoms with Gasteiger partial charge in [-0.05, 0) is 25.5 Å². The number of amides is 1. The molecular weight excluding hydrogens is 364 g/mol. The van der Waals surface area contributed by atoms with E-state index in [0.29, 0.717) is 18.3 Å². The fourth-order valence-corrected chi connectivity index (χ4v) is 4.29. The maximum absolute atomic E-state index is 12.8. The van der Waals surface area contributed by atoms with Crippen molar-refractivity contribution in [3.8, 4) is 0 Å². The molecule has 1 amide bonds. The van der Waals surface area contributed by atoms with E-state index in [1.54, 1.807) is 22.7 Å². The Morgan fingerprint density at radius 3 is 3.04 bits per heavy atom. The Morgan fingerprint density at radius 1 is 1.48 bits per heavy atom. The van der Waals surface area contributed by atoms with Gasteiger partial charge in [-0.2, -0.15) is 16.9 Å². The molecule has 2 aliphatic rings. The van der Waals surface area contributed by atoms with Gasteiger partial charge in [-0.3, -0.25) is 14.3 Å². The lowest BCUT2D eigenvalue weighted by Crippen LogP contribution is -2.47. The number of ether oxygens (including phenoxy) is 1.